The van der Waals surface area contributed by atoms with Gasteiger partial charge in [0.15, 0.2) is 7.05 Å². The van der Waals surface area contributed by atoms with E-state index in [0.717, 1.165) is 6.54 Å². The molecule has 0 fully saturated rings. The highest BCUT2D eigenvalue weighted by molar-refractivity contribution is 4.89. The van der Waals surface area contributed by atoms with E-state index in [-0.39, 0.29) is 0 Å². The Morgan fingerprint density at radius 2 is 2.57 bits per heavy atom. The lowest BCUT2D eigenvalue weighted by atomic mass is 10.5. The van der Waals surface area contributed by atoms with Crippen molar-refractivity contribution in [2.45, 2.75) is 6.92 Å². The van der Waals surface area contributed by atoms with Gasteiger partial charge in [-0.05, 0) is 5.11 Å². The van der Waals surface area contributed by atoms with Gasteiger partial charge < -0.3 is 0 Å². The van der Waals surface area contributed by atoms with Crippen LogP contribution in [-0.2, 0) is 0 Å². The van der Waals surface area contributed by atoms with Gasteiger partial charge in [-0.1, -0.05) is 4.70 Å². The molecule has 2 heteroatoms. The molecule has 0 amide bonds. The molecule has 2 nitrogen and oxygen atoms in total. The van der Waals surface area contributed by atoms with Crippen molar-refractivity contribution in [2.24, 2.45) is 5.11 Å². The third-order valence-electron chi connectivity index (χ3n) is 1.19. The fourth-order valence-corrected chi connectivity index (χ4v) is 0.539. The van der Waals surface area contributed by atoms with E-state index >= 15 is 0 Å². The summed E-state index contributed by atoms with van der Waals surface area (Å²) < 4.78 is 1.89. The average Bonchev–Trinajstić information content (AvgIpc) is 1.91. The largest absolute Gasteiger partial charge is 0.202 e. The maximum Gasteiger partial charge on any atom is 0.202 e. The summed E-state index contributed by atoms with van der Waals surface area (Å²) in [5.41, 5.74) is 1.25. The molecule has 0 aromatic carbocycles. The Hall–Kier alpha value is -0.660. The smallest absolute Gasteiger partial charge is 0.0962 e. The van der Waals surface area contributed by atoms with Crippen LogP contribution in [0, 0.1) is 0 Å². The van der Waals surface area contributed by atoms with Gasteiger partial charge in [0.1, 0.15) is 6.54 Å². The highest BCUT2D eigenvalue weighted by Gasteiger charge is 2.06. The Morgan fingerprint density at radius 1 is 1.86 bits per heavy atom. The van der Waals surface area contributed by atoms with Gasteiger partial charge in [0.25, 0.3) is 0 Å². The molecule has 0 aliphatic carbocycles. The van der Waals surface area contributed by atoms with E-state index in [1.165, 1.54) is 5.70 Å². The van der Waals surface area contributed by atoms with Crippen LogP contribution in [0.25, 0.3) is 0 Å². The lowest BCUT2D eigenvalue weighted by molar-refractivity contribution is -0.510. The van der Waals surface area contributed by atoms with E-state index in [0.29, 0.717) is 0 Å². The minimum Gasteiger partial charge on any atom is -0.0962 e. The Bertz CT molecular complexity index is 117. The molecule has 1 heterocycles. The van der Waals surface area contributed by atoms with Crippen LogP contribution in [0.1, 0.15) is 6.92 Å². The summed E-state index contributed by atoms with van der Waals surface area (Å²) in [6, 6.07) is 0. The van der Waals surface area contributed by atoms with Crippen molar-refractivity contribution >= 4 is 0 Å². The second-order valence-electron chi connectivity index (χ2n) is 1.69. The van der Waals surface area contributed by atoms with Crippen LogP contribution in [0.2, 0.25) is 0 Å². The molecule has 0 N–H and O–H groups in total. The van der Waals surface area contributed by atoms with Crippen LogP contribution in [0.15, 0.2) is 16.9 Å². The first-order valence-electron chi connectivity index (χ1n) is 2.38. The summed E-state index contributed by atoms with van der Waals surface area (Å²) in [6.07, 6.45) is 2.10. The van der Waals surface area contributed by atoms with Crippen molar-refractivity contribution < 1.29 is 4.70 Å². The van der Waals surface area contributed by atoms with Gasteiger partial charge >= 0.3 is 0 Å². The second-order valence-corrected chi connectivity index (χ2v) is 1.69. The zero-order valence-corrected chi connectivity index (χ0v) is 4.68. The lowest BCUT2D eigenvalue weighted by Crippen LogP contribution is -1.92. The summed E-state index contributed by atoms with van der Waals surface area (Å²) in [5, 5.41) is 4.06. The maximum atomic E-state index is 4.06. The molecule has 1 rings (SSSR count). The number of nitrogens with zero attached hydrogens (tertiary/aromatic N) is 2. The molecule has 7 heavy (non-hydrogen) atoms. The summed E-state index contributed by atoms with van der Waals surface area (Å²) in [4.78, 5) is 0. The second kappa shape index (κ2) is 1.45. The van der Waals surface area contributed by atoms with Gasteiger partial charge in [0.2, 0.25) is 5.70 Å². The predicted octanol–water partition coefficient (Wildman–Crippen LogP) is 0.998. The third kappa shape index (κ3) is 0.683. The Balaban J connectivity index is 2.78. The Labute approximate surface area is 43.2 Å². The molecule has 0 spiro atoms. The van der Waals surface area contributed by atoms with E-state index in [9.17, 15) is 0 Å². The molecule has 0 atom stereocenters. The van der Waals surface area contributed by atoms with Crippen LogP contribution in [-0.4, -0.2) is 18.3 Å². The Kier molecular flexibility index (Phi) is 0.929. The van der Waals surface area contributed by atoms with Gasteiger partial charge in [-0.25, -0.2) is 0 Å². The zero-order chi connectivity index (χ0) is 5.28. The average molecular weight is 97.1 g/mol. The van der Waals surface area contributed by atoms with Crippen molar-refractivity contribution in [1.29, 1.82) is 0 Å². The minimum atomic E-state index is 0.863. The summed E-state index contributed by atoms with van der Waals surface area (Å²) in [7, 11) is 1.96. The molecular weight excluding hydrogens is 88.1 g/mol. The zero-order valence-electron chi connectivity index (χ0n) is 4.68. The van der Waals surface area contributed by atoms with Crippen LogP contribution < -0.4 is 0 Å². The third-order valence-corrected chi connectivity index (χ3v) is 1.19. The van der Waals surface area contributed by atoms with Crippen molar-refractivity contribution in [3.8, 4) is 0 Å². The first-order chi connectivity index (χ1) is 3.30. The fraction of sp³-hybridized carbons (Fsp3) is 0.600. The summed E-state index contributed by atoms with van der Waals surface area (Å²) in [6.45, 7) is 2.92. The quantitative estimate of drug-likeness (QED) is 0.401. The first-order valence-corrected chi connectivity index (χ1v) is 2.38. The van der Waals surface area contributed by atoms with Crippen molar-refractivity contribution in [3.05, 3.63) is 11.8 Å². The molecule has 0 saturated heterocycles. The molecule has 38 valence electrons. The maximum absolute atomic E-state index is 4.06. The number of allylic oxidation sites excluding steroid dienone is 1. The molecule has 1 aliphatic rings. The van der Waals surface area contributed by atoms with Crippen LogP contribution in [0.3, 0.4) is 0 Å². The fourth-order valence-electron chi connectivity index (χ4n) is 0.539. The van der Waals surface area contributed by atoms with Crippen LogP contribution >= 0.6 is 0 Å². The Morgan fingerprint density at radius 3 is 2.71 bits per heavy atom. The molecule has 1 aliphatic heterocycles. The topological polar surface area (TPSA) is 15.4 Å². The van der Waals surface area contributed by atoms with Gasteiger partial charge in [-0.3, -0.25) is 0 Å². The van der Waals surface area contributed by atoms with Crippen molar-refractivity contribution in [3.63, 3.8) is 0 Å². The van der Waals surface area contributed by atoms with Gasteiger partial charge in [-0.2, -0.15) is 0 Å². The number of azo groups is 2. The molecule has 0 aromatic heterocycles. The first kappa shape index (κ1) is 4.50. The van der Waals surface area contributed by atoms with E-state index in [4.69, 9.17) is 0 Å². The molecule has 0 saturated carbocycles. The number of hydrogen-bond acceptors (Lipinski definition) is 1. The molecule has 0 aromatic rings. The monoisotopic (exact) mass is 97.1 g/mol. The summed E-state index contributed by atoms with van der Waals surface area (Å²) >= 11 is 0. The van der Waals surface area contributed by atoms with E-state index in [1.807, 2.05) is 11.7 Å². The standard InChI is InChI=1S/C5H9N2/c1-5-3-4-6-7(5)2/h3H,4H2,1-2H3/q+1. The molecule has 0 unspecified atom stereocenters. The van der Waals surface area contributed by atoms with Gasteiger partial charge in [0.05, 0.1) is 0 Å². The molecular formula is C5H9N2+. The van der Waals surface area contributed by atoms with Gasteiger partial charge in [0, 0.05) is 13.0 Å². The van der Waals surface area contributed by atoms with E-state index in [1.54, 1.807) is 0 Å². The SMILES string of the molecule is CC1=CCN=[N+]1C. The number of hydrogen-bond donors (Lipinski definition) is 0. The number of rotatable bonds is 0. The highest BCUT2D eigenvalue weighted by Crippen LogP contribution is 1.99. The summed E-state index contributed by atoms with van der Waals surface area (Å²) in [5.74, 6) is 0. The van der Waals surface area contributed by atoms with E-state index < -0.39 is 0 Å². The molecule has 0 bridgehead atoms. The van der Waals surface area contributed by atoms with E-state index in [2.05, 4.69) is 18.1 Å². The van der Waals surface area contributed by atoms with Crippen molar-refractivity contribution in [2.75, 3.05) is 13.6 Å². The molecule has 0 radical (unpaired) electrons. The highest BCUT2D eigenvalue weighted by atomic mass is 15.3. The normalized spacial score (nSPS) is 19.1. The minimum absolute atomic E-state index is 0.863. The van der Waals surface area contributed by atoms with Crippen molar-refractivity contribution in [1.82, 2.24) is 0 Å². The van der Waals surface area contributed by atoms with Gasteiger partial charge in [-0.15, -0.1) is 0 Å². The lowest BCUT2D eigenvalue weighted by Gasteiger charge is -1.78. The van der Waals surface area contributed by atoms with Crippen LogP contribution in [0.5, 0.6) is 0 Å². The van der Waals surface area contributed by atoms with Crippen LogP contribution in [0.4, 0.5) is 0 Å². The predicted molar refractivity (Wildman–Crippen MR) is 27.2 cm³/mol.